The maximum absolute atomic E-state index is 12.5. The van der Waals surface area contributed by atoms with Gasteiger partial charge in [-0.25, -0.2) is 9.59 Å². The van der Waals surface area contributed by atoms with Crippen LogP contribution in [0.15, 0.2) is 56.1 Å². The summed E-state index contributed by atoms with van der Waals surface area (Å²) in [4.78, 5) is 24.0. The minimum atomic E-state index is -0.737. The highest BCUT2D eigenvalue weighted by atomic mass is 79.9. The highest BCUT2D eigenvalue weighted by Gasteiger charge is 2.17. The molecule has 5 nitrogen and oxygen atoms in total. The van der Waals surface area contributed by atoms with E-state index < -0.39 is 17.7 Å². The number of benzene rings is 2. The van der Waals surface area contributed by atoms with Crippen molar-refractivity contribution in [2.45, 2.75) is 20.0 Å². The number of methoxy groups -OCH3 is 1. The maximum Gasteiger partial charge on any atom is 0.346 e. The van der Waals surface area contributed by atoms with Gasteiger partial charge in [0.05, 0.1) is 12.7 Å². The first-order valence-electron chi connectivity index (χ1n) is 7.98. The Bertz CT molecular complexity index is 1020. The first kappa shape index (κ1) is 18.2. The number of carbonyl (C=O) groups is 1. The molecule has 1 unspecified atom stereocenters. The quantitative estimate of drug-likeness (QED) is 0.463. The Labute approximate surface area is 158 Å². The second-order valence-corrected chi connectivity index (χ2v) is 6.75. The minimum Gasteiger partial charge on any atom is -0.479 e. The lowest BCUT2D eigenvalue weighted by Gasteiger charge is -2.14. The summed E-state index contributed by atoms with van der Waals surface area (Å²) in [6.45, 7) is 3.48. The van der Waals surface area contributed by atoms with E-state index in [1.807, 2.05) is 31.2 Å². The monoisotopic (exact) mass is 416 g/mol. The molecular formula is C20H17BrO5. The molecule has 0 N–H and O–H groups in total. The summed E-state index contributed by atoms with van der Waals surface area (Å²) in [7, 11) is 1.31. The lowest BCUT2D eigenvalue weighted by Crippen LogP contribution is -2.24. The molecule has 0 amide bonds. The summed E-state index contributed by atoms with van der Waals surface area (Å²) < 4.78 is 16.7. The summed E-state index contributed by atoms with van der Waals surface area (Å²) in [5.41, 5.74) is 2.13. The van der Waals surface area contributed by atoms with Gasteiger partial charge in [0.1, 0.15) is 11.3 Å². The highest BCUT2D eigenvalue weighted by Crippen LogP contribution is 2.30. The van der Waals surface area contributed by atoms with Crippen LogP contribution in [-0.2, 0) is 9.53 Å². The predicted octanol–water partition coefficient (Wildman–Crippen LogP) is 4.47. The van der Waals surface area contributed by atoms with Gasteiger partial charge in [0.25, 0.3) is 0 Å². The van der Waals surface area contributed by atoms with E-state index >= 15 is 0 Å². The number of rotatable bonds is 4. The summed E-state index contributed by atoms with van der Waals surface area (Å²) in [5, 5.41) is 0.747. The summed E-state index contributed by atoms with van der Waals surface area (Å²) in [6.07, 6.45) is -0.737. The van der Waals surface area contributed by atoms with Gasteiger partial charge >= 0.3 is 11.6 Å². The van der Waals surface area contributed by atoms with Crippen LogP contribution in [0.3, 0.4) is 0 Å². The lowest BCUT2D eigenvalue weighted by molar-refractivity contribution is -0.147. The van der Waals surface area contributed by atoms with Crippen molar-refractivity contribution >= 4 is 32.9 Å². The molecule has 134 valence electrons. The standard InChI is InChI=1S/C20H17BrO5/c1-11-16-10-15(25-12(2)19(22)24-3)8-9-17(16)26-20(23)18(11)13-4-6-14(21)7-5-13/h4-10,12H,1-3H3. The Balaban J connectivity index is 2.10. The average Bonchev–Trinajstić information content (AvgIpc) is 2.63. The number of esters is 1. The van der Waals surface area contributed by atoms with Gasteiger partial charge in [0, 0.05) is 9.86 Å². The zero-order chi connectivity index (χ0) is 18.8. The molecule has 0 bridgehead atoms. The van der Waals surface area contributed by atoms with Crippen LogP contribution in [0.25, 0.3) is 22.1 Å². The molecule has 6 heteroatoms. The van der Waals surface area contributed by atoms with Gasteiger partial charge in [-0.3, -0.25) is 0 Å². The fraction of sp³-hybridized carbons (Fsp3) is 0.200. The van der Waals surface area contributed by atoms with E-state index in [0.29, 0.717) is 16.9 Å². The molecule has 0 saturated heterocycles. The van der Waals surface area contributed by atoms with Crippen molar-refractivity contribution in [3.8, 4) is 16.9 Å². The number of hydrogen-bond donors (Lipinski definition) is 0. The molecule has 1 aromatic heterocycles. The normalized spacial score (nSPS) is 12.0. The van der Waals surface area contributed by atoms with Crippen LogP contribution in [0.1, 0.15) is 12.5 Å². The van der Waals surface area contributed by atoms with E-state index in [2.05, 4.69) is 20.7 Å². The van der Waals surface area contributed by atoms with E-state index in [0.717, 1.165) is 21.0 Å². The zero-order valence-electron chi connectivity index (χ0n) is 14.5. The van der Waals surface area contributed by atoms with E-state index in [4.69, 9.17) is 9.15 Å². The maximum atomic E-state index is 12.5. The van der Waals surface area contributed by atoms with Gasteiger partial charge in [-0.1, -0.05) is 28.1 Å². The topological polar surface area (TPSA) is 65.7 Å². The van der Waals surface area contributed by atoms with Crippen molar-refractivity contribution in [3.63, 3.8) is 0 Å². The fourth-order valence-electron chi connectivity index (χ4n) is 2.77. The third-order valence-corrected chi connectivity index (χ3v) is 4.64. The SMILES string of the molecule is COC(=O)C(C)Oc1ccc2oc(=O)c(-c3ccc(Br)cc3)c(C)c2c1. The van der Waals surface area contributed by atoms with E-state index in [1.54, 1.807) is 25.1 Å². The number of aryl methyl sites for hydroxylation is 1. The molecule has 0 aliphatic heterocycles. The Morgan fingerprint density at radius 2 is 1.85 bits per heavy atom. The van der Waals surface area contributed by atoms with Crippen molar-refractivity contribution in [2.75, 3.05) is 7.11 Å². The van der Waals surface area contributed by atoms with Crippen molar-refractivity contribution in [1.29, 1.82) is 0 Å². The summed E-state index contributed by atoms with van der Waals surface area (Å²) in [6, 6.07) is 12.5. The Morgan fingerprint density at radius 1 is 1.15 bits per heavy atom. The molecule has 0 spiro atoms. The molecular weight excluding hydrogens is 400 g/mol. The smallest absolute Gasteiger partial charge is 0.346 e. The Kier molecular flexibility index (Phi) is 5.13. The van der Waals surface area contributed by atoms with Crippen LogP contribution in [0.4, 0.5) is 0 Å². The molecule has 2 aromatic carbocycles. The van der Waals surface area contributed by atoms with Crippen molar-refractivity contribution in [2.24, 2.45) is 0 Å². The molecule has 3 rings (SSSR count). The second-order valence-electron chi connectivity index (χ2n) is 5.84. The second kappa shape index (κ2) is 7.33. The molecule has 3 aromatic rings. The van der Waals surface area contributed by atoms with Crippen molar-refractivity contribution in [3.05, 3.63) is 62.9 Å². The van der Waals surface area contributed by atoms with Gasteiger partial charge in [-0.2, -0.15) is 0 Å². The van der Waals surface area contributed by atoms with E-state index in [1.165, 1.54) is 7.11 Å². The minimum absolute atomic E-state index is 0.395. The molecule has 0 fully saturated rings. The molecule has 1 atom stereocenters. The molecule has 0 radical (unpaired) electrons. The number of hydrogen-bond acceptors (Lipinski definition) is 5. The molecule has 0 aliphatic rings. The first-order valence-corrected chi connectivity index (χ1v) is 8.78. The van der Waals surface area contributed by atoms with E-state index in [-0.39, 0.29) is 0 Å². The Hall–Kier alpha value is -2.60. The zero-order valence-corrected chi connectivity index (χ0v) is 16.1. The number of carbonyl (C=O) groups excluding carboxylic acids is 1. The van der Waals surface area contributed by atoms with Crippen LogP contribution >= 0.6 is 15.9 Å². The summed E-state index contributed by atoms with van der Waals surface area (Å²) >= 11 is 3.39. The van der Waals surface area contributed by atoms with Gasteiger partial charge in [-0.05, 0) is 55.3 Å². The van der Waals surface area contributed by atoms with Crippen LogP contribution in [0.2, 0.25) is 0 Å². The van der Waals surface area contributed by atoms with Gasteiger partial charge < -0.3 is 13.9 Å². The number of fused-ring (bicyclic) bond motifs is 1. The Morgan fingerprint density at radius 3 is 2.50 bits per heavy atom. The third-order valence-electron chi connectivity index (χ3n) is 4.12. The summed E-state index contributed by atoms with van der Waals surface area (Å²) in [5.74, 6) is 0.0334. The van der Waals surface area contributed by atoms with Gasteiger partial charge in [0.15, 0.2) is 6.10 Å². The third kappa shape index (κ3) is 3.51. The largest absolute Gasteiger partial charge is 0.479 e. The van der Waals surface area contributed by atoms with E-state index in [9.17, 15) is 9.59 Å². The van der Waals surface area contributed by atoms with Crippen molar-refractivity contribution in [1.82, 2.24) is 0 Å². The van der Waals surface area contributed by atoms with Gasteiger partial charge in [0.2, 0.25) is 0 Å². The van der Waals surface area contributed by atoms with Crippen LogP contribution in [0, 0.1) is 6.92 Å². The first-order chi connectivity index (χ1) is 12.4. The van der Waals surface area contributed by atoms with Crippen LogP contribution in [0.5, 0.6) is 5.75 Å². The van der Waals surface area contributed by atoms with Gasteiger partial charge in [-0.15, -0.1) is 0 Å². The number of halogens is 1. The van der Waals surface area contributed by atoms with Crippen LogP contribution < -0.4 is 10.4 Å². The van der Waals surface area contributed by atoms with Crippen molar-refractivity contribution < 1.29 is 18.7 Å². The fourth-order valence-corrected chi connectivity index (χ4v) is 3.04. The van der Waals surface area contributed by atoms with Crippen LogP contribution in [-0.4, -0.2) is 19.2 Å². The highest BCUT2D eigenvalue weighted by molar-refractivity contribution is 9.10. The molecule has 1 heterocycles. The predicted molar refractivity (Wildman–Crippen MR) is 102 cm³/mol. The lowest BCUT2D eigenvalue weighted by atomic mass is 9.99. The molecule has 0 aliphatic carbocycles. The molecule has 0 saturated carbocycles. The average molecular weight is 417 g/mol. The number of ether oxygens (including phenoxy) is 2. The molecule has 26 heavy (non-hydrogen) atoms.